The van der Waals surface area contributed by atoms with Crippen LogP contribution in [0.5, 0.6) is 0 Å². The molecule has 30 heavy (non-hydrogen) atoms. The van der Waals surface area contributed by atoms with Gasteiger partial charge in [-0.05, 0) is 49.2 Å². The van der Waals surface area contributed by atoms with Gasteiger partial charge >= 0.3 is 0 Å². The summed E-state index contributed by atoms with van der Waals surface area (Å²) >= 11 is 5.93. The summed E-state index contributed by atoms with van der Waals surface area (Å²) in [4.78, 5) is 26.8. The summed E-state index contributed by atoms with van der Waals surface area (Å²) in [6.45, 7) is 3.16. The fraction of sp³-hybridized carbons (Fsp3) is 0.333. The molecule has 7 nitrogen and oxygen atoms in total. The third kappa shape index (κ3) is 6.21. The molecule has 0 radical (unpaired) electrons. The van der Waals surface area contributed by atoms with Gasteiger partial charge in [0.15, 0.2) is 0 Å². The number of nitrogens with zero attached hydrogens (tertiary/aromatic N) is 2. The van der Waals surface area contributed by atoms with Crippen LogP contribution in [0.2, 0.25) is 5.02 Å². The number of aryl methyl sites for hydroxylation is 1. The minimum absolute atomic E-state index is 0.135. The average Bonchev–Trinajstić information content (AvgIpc) is 2.69. The Morgan fingerprint density at radius 1 is 1.13 bits per heavy atom. The highest BCUT2D eigenvalue weighted by Crippen LogP contribution is 2.20. The van der Waals surface area contributed by atoms with Crippen LogP contribution in [0, 0.1) is 6.92 Å². The van der Waals surface area contributed by atoms with Crippen molar-refractivity contribution in [1.29, 1.82) is 0 Å². The standard InChI is InChI=1S/C21H26ClN3O4S/c1-15-6-5-7-19(12-15)25(30(4,28)29)14-20(26)24(16(2)21(27)23-3)13-17-8-10-18(22)11-9-17/h5-12,16H,13-14H2,1-4H3,(H,23,27)/t16-/m1/s1. The molecule has 9 heteroatoms. The average molecular weight is 452 g/mol. The Bertz CT molecular complexity index is 1010. The van der Waals surface area contributed by atoms with E-state index < -0.39 is 28.5 Å². The first-order valence-corrected chi connectivity index (χ1v) is 11.6. The van der Waals surface area contributed by atoms with E-state index in [0.717, 1.165) is 21.7 Å². The Hall–Kier alpha value is -2.58. The van der Waals surface area contributed by atoms with Crippen LogP contribution < -0.4 is 9.62 Å². The predicted molar refractivity (Wildman–Crippen MR) is 119 cm³/mol. The number of likely N-dealkylation sites (N-methyl/N-ethyl adjacent to an activating group) is 1. The zero-order chi connectivity index (χ0) is 22.5. The Balaban J connectivity index is 2.36. The number of amides is 2. The number of hydrogen-bond donors (Lipinski definition) is 1. The van der Waals surface area contributed by atoms with Gasteiger partial charge in [0.2, 0.25) is 21.8 Å². The summed E-state index contributed by atoms with van der Waals surface area (Å²) in [5.74, 6) is -0.841. The number of rotatable bonds is 8. The van der Waals surface area contributed by atoms with E-state index in [1.807, 2.05) is 13.0 Å². The molecule has 2 aromatic rings. The smallest absolute Gasteiger partial charge is 0.244 e. The molecule has 0 aliphatic carbocycles. The molecule has 162 valence electrons. The van der Waals surface area contributed by atoms with E-state index in [0.29, 0.717) is 10.7 Å². The van der Waals surface area contributed by atoms with Crippen LogP contribution in [-0.2, 0) is 26.2 Å². The Kier molecular flexibility index (Phi) is 7.86. The second kappa shape index (κ2) is 9.95. The lowest BCUT2D eigenvalue weighted by Gasteiger charge is -2.31. The van der Waals surface area contributed by atoms with Gasteiger partial charge in [-0.1, -0.05) is 35.9 Å². The molecular weight excluding hydrogens is 426 g/mol. The Morgan fingerprint density at radius 3 is 2.30 bits per heavy atom. The number of halogens is 1. The van der Waals surface area contributed by atoms with Gasteiger partial charge in [0.25, 0.3) is 0 Å². The number of anilines is 1. The van der Waals surface area contributed by atoms with Gasteiger partial charge in [0.1, 0.15) is 12.6 Å². The number of nitrogens with one attached hydrogen (secondary N) is 1. The second-order valence-electron chi connectivity index (χ2n) is 7.05. The third-order valence-corrected chi connectivity index (χ3v) is 6.04. The third-order valence-electron chi connectivity index (χ3n) is 4.65. The zero-order valence-electron chi connectivity index (χ0n) is 17.4. The number of carbonyl (C=O) groups is 2. The number of carbonyl (C=O) groups excluding carboxylic acids is 2. The Labute approximate surface area is 182 Å². The minimum Gasteiger partial charge on any atom is -0.357 e. The molecule has 0 saturated heterocycles. The molecule has 0 bridgehead atoms. The fourth-order valence-corrected chi connectivity index (χ4v) is 3.94. The van der Waals surface area contributed by atoms with Crippen molar-refractivity contribution in [3.8, 4) is 0 Å². The molecule has 2 aromatic carbocycles. The highest BCUT2D eigenvalue weighted by molar-refractivity contribution is 7.92. The number of benzene rings is 2. The molecule has 0 heterocycles. The highest BCUT2D eigenvalue weighted by Gasteiger charge is 2.29. The van der Waals surface area contributed by atoms with Crippen LogP contribution in [0.25, 0.3) is 0 Å². The van der Waals surface area contributed by atoms with Crippen LogP contribution in [-0.4, -0.2) is 51.0 Å². The maximum Gasteiger partial charge on any atom is 0.244 e. The molecule has 1 N–H and O–H groups in total. The topological polar surface area (TPSA) is 86.8 Å². The molecule has 0 unspecified atom stereocenters. The molecular formula is C21H26ClN3O4S. The maximum absolute atomic E-state index is 13.2. The zero-order valence-corrected chi connectivity index (χ0v) is 19.0. The van der Waals surface area contributed by atoms with Crippen molar-refractivity contribution in [1.82, 2.24) is 10.2 Å². The molecule has 2 rings (SSSR count). The van der Waals surface area contributed by atoms with Crippen LogP contribution in [0.4, 0.5) is 5.69 Å². The normalized spacial score (nSPS) is 12.2. The van der Waals surface area contributed by atoms with E-state index in [9.17, 15) is 18.0 Å². The predicted octanol–water partition coefficient (Wildman–Crippen LogP) is 2.58. The SMILES string of the molecule is CNC(=O)[C@@H](C)N(Cc1ccc(Cl)cc1)C(=O)CN(c1cccc(C)c1)S(C)(=O)=O. The quantitative estimate of drug-likeness (QED) is 0.668. The van der Waals surface area contributed by atoms with Gasteiger partial charge in [0, 0.05) is 18.6 Å². The highest BCUT2D eigenvalue weighted by atomic mass is 35.5. The Morgan fingerprint density at radius 2 is 1.77 bits per heavy atom. The lowest BCUT2D eigenvalue weighted by molar-refractivity contribution is -0.139. The first-order chi connectivity index (χ1) is 14.0. The number of hydrogen-bond acceptors (Lipinski definition) is 4. The molecule has 0 aromatic heterocycles. The lowest BCUT2D eigenvalue weighted by Crippen LogP contribution is -2.50. The van der Waals surface area contributed by atoms with Gasteiger partial charge in [0.05, 0.1) is 11.9 Å². The van der Waals surface area contributed by atoms with Gasteiger partial charge in [-0.25, -0.2) is 8.42 Å². The van der Waals surface area contributed by atoms with Crippen molar-refractivity contribution in [3.63, 3.8) is 0 Å². The van der Waals surface area contributed by atoms with Crippen LogP contribution in [0.1, 0.15) is 18.1 Å². The van der Waals surface area contributed by atoms with Crippen molar-refractivity contribution in [2.75, 3.05) is 24.2 Å². The summed E-state index contributed by atoms with van der Waals surface area (Å²) in [6, 6.07) is 13.0. The summed E-state index contributed by atoms with van der Waals surface area (Å²) in [5, 5.41) is 3.09. The van der Waals surface area contributed by atoms with E-state index in [1.165, 1.54) is 11.9 Å². The van der Waals surface area contributed by atoms with E-state index >= 15 is 0 Å². The summed E-state index contributed by atoms with van der Waals surface area (Å²) in [6.07, 6.45) is 1.05. The molecule has 0 spiro atoms. The monoisotopic (exact) mass is 451 g/mol. The lowest BCUT2D eigenvalue weighted by atomic mass is 10.1. The van der Waals surface area contributed by atoms with E-state index in [1.54, 1.807) is 49.4 Å². The molecule has 1 atom stereocenters. The van der Waals surface area contributed by atoms with Gasteiger partial charge in [-0.2, -0.15) is 0 Å². The molecule has 2 amide bonds. The maximum atomic E-state index is 13.2. The molecule has 0 saturated carbocycles. The summed E-state index contributed by atoms with van der Waals surface area (Å²) in [5.41, 5.74) is 2.03. The fourth-order valence-electron chi connectivity index (χ4n) is 2.97. The second-order valence-corrected chi connectivity index (χ2v) is 9.39. The van der Waals surface area contributed by atoms with Crippen LogP contribution >= 0.6 is 11.6 Å². The largest absolute Gasteiger partial charge is 0.357 e. The van der Waals surface area contributed by atoms with E-state index in [4.69, 9.17) is 11.6 Å². The van der Waals surface area contributed by atoms with Gasteiger partial charge in [-0.3, -0.25) is 13.9 Å². The van der Waals surface area contributed by atoms with Crippen LogP contribution in [0.15, 0.2) is 48.5 Å². The summed E-state index contributed by atoms with van der Waals surface area (Å²) < 4.78 is 25.9. The summed E-state index contributed by atoms with van der Waals surface area (Å²) in [7, 11) is -2.24. The minimum atomic E-state index is -3.73. The first kappa shape index (κ1) is 23.7. The van der Waals surface area contributed by atoms with Crippen molar-refractivity contribution < 1.29 is 18.0 Å². The van der Waals surface area contributed by atoms with Crippen LogP contribution in [0.3, 0.4) is 0 Å². The van der Waals surface area contributed by atoms with Crippen molar-refractivity contribution >= 4 is 39.1 Å². The molecule has 0 fully saturated rings. The van der Waals surface area contributed by atoms with E-state index in [-0.39, 0.29) is 12.5 Å². The molecule has 0 aliphatic rings. The van der Waals surface area contributed by atoms with Gasteiger partial charge in [-0.15, -0.1) is 0 Å². The van der Waals surface area contributed by atoms with E-state index in [2.05, 4.69) is 5.32 Å². The van der Waals surface area contributed by atoms with Crippen molar-refractivity contribution in [2.45, 2.75) is 26.4 Å². The first-order valence-electron chi connectivity index (χ1n) is 9.33. The molecule has 0 aliphatic heterocycles. The van der Waals surface area contributed by atoms with Gasteiger partial charge < -0.3 is 10.2 Å². The van der Waals surface area contributed by atoms with Crippen molar-refractivity contribution in [3.05, 3.63) is 64.7 Å². The number of sulfonamides is 1. The van der Waals surface area contributed by atoms with Crippen molar-refractivity contribution in [2.24, 2.45) is 0 Å².